The van der Waals surface area contributed by atoms with Crippen LogP contribution in [0.3, 0.4) is 0 Å². The molecule has 94 valence electrons. The zero-order valence-electron chi connectivity index (χ0n) is 11.6. The molecular weight excluding hydrogens is 195 g/mol. The number of hydroxylamine groups is 4. The van der Waals surface area contributed by atoms with Crippen molar-refractivity contribution in [2.24, 2.45) is 0 Å². The Morgan fingerprint density at radius 2 is 0.750 bits per heavy atom. The van der Waals surface area contributed by atoms with Crippen LogP contribution in [0, 0.1) is 0 Å². The molecule has 0 amide bonds. The quantitative estimate of drug-likeness (QED) is 0.509. The van der Waals surface area contributed by atoms with Crippen molar-refractivity contribution in [3.8, 4) is 0 Å². The molecule has 0 atom stereocenters. The minimum atomic E-state index is 0. The second-order valence-electron chi connectivity index (χ2n) is 5.18. The van der Waals surface area contributed by atoms with Gasteiger partial charge in [-0.2, -0.15) is 10.1 Å². The molecule has 0 bridgehead atoms. The van der Waals surface area contributed by atoms with Crippen molar-refractivity contribution in [2.45, 2.75) is 79.6 Å². The van der Waals surface area contributed by atoms with Crippen molar-refractivity contribution in [2.75, 3.05) is 0 Å². The Balaban J connectivity index is 0. The zero-order valence-corrected chi connectivity index (χ0v) is 11.6. The Morgan fingerprint density at radius 1 is 0.562 bits per heavy atom. The average Bonchev–Trinajstić information content (AvgIpc) is 2.01. The molecule has 16 heavy (non-hydrogen) atoms. The van der Waals surface area contributed by atoms with E-state index in [1.165, 1.54) is 0 Å². The fourth-order valence-corrected chi connectivity index (χ4v) is 1.68. The molecule has 0 spiro atoms. The van der Waals surface area contributed by atoms with Gasteiger partial charge in [-0.3, -0.25) is 0 Å². The van der Waals surface area contributed by atoms with Gasteiger partial charge in [-0.15, -0.1) is 0 Å². The molecule has 0 aliphatic heterocycles. The third-order valence-corrected chi connectivity index (χ3v) is 2.22. The molecule has 0 aliphatic rings. The van der Waals surface area contributed by atoms with E-state index >= 15 is 0 Å². The van der Waals surface area contributed by atoms with Crippen molar-refractivity contribution in [3.05, 3.63) is 0 Å². The van der Waals surface area contributed by atoms with Gasteiger partial charge in [0.05, 0.1) is 0 Å². The molecule has 0 fully saturated rings. The van der Waals surface area contributed by atoms with Crippen LogP contribution in [0.25, 0.3) is 0 Å². The summed E-state index contributed by atoms with van der Waals surface area (Å²) in [5.41, 5.74) is 0. The van der Waals surface area contributed by atoms with Gasteiger partial charge in [0.1, 0.15) is 0 Å². The molecule has 0 N–H and O–H groups in total. The molecular formula is C12H29LiN2O. The molecule has 4 heteroatoms. The van der Waals surface area contributed by atoms with Gasteiger partial charge in [0.25, 0.3) is 0 Å². The first-order chi connectivity index (χ1) is 6.77. The van der Waals surface area contributed by atoms with E-state index in [0.717, 1.165) is 0 Å². The van der Waals surface area contributed by atoms with E-state index in [-0.39, 0.29) is 18.9 Å². The van der Waals surface area contributed by atoms with E-state index in [4.69, 9.17) is 4.94 Å². The third-order valence-electron chi connectivity index (χ3n) is 2.22. The molecule has 0 heterocycles. The van der Waals surface area contributed by atoms with Crippen LogP contribution in [0.4, 0.5) is 0 Å². The van der Waals surface area contributed by atoms with E-state index < -0.39 is 0 Å². The minimum absolute atomic E-state index is 0. The van der Waals surface area contributed by atoms with Crippen molar-refractivity contribution < 1.29 is 4.94 Å². The summed E-state index contributed by atoms with van der Waals surface area (Å²) in [6.45, 7) is 17.2. The van der Waals surface area contributed by atoms with Gasteiger partial charge in [0, 0.05) is 24.2 Å². The van der Waals surface area contributed by atoms with Crippen molar-refractivity contribution >= 4 is 18.9 Å². The van der Waals surface area contributed by atoms with E-state index in [2.05, 4.69) is 55.4 Å². The first kappa shape index (κ1) is 18.8. The Bertz CT molecular complexity index is 138. The summed E-state index contributed by atoms with van der Waals surface area (Å²) >= 11 is 0. The van der Waals surface area contributed by atoms with Gasteiger partial charge in [0.15, 0.2) is 0 Å². The van der Waals surface area contributed by atoms with E-state index in [9.17, 15) is 0 Å². The standard InChI is InChI=1S/C12H28N2O.Li.H/c1-9(2)13(10(3)4)15-14(11(5)6)12(7)8;;/h9-12H,1-8H3;;. The Hall–Kier alpha value is 0.477. The summed E-state index contributed by atoms with van der Waals surface area (Å²) in [4.78, 5) is 5.96. The summed E-state index contributed by atoms with van der Waals surface area (Å²) in [5.74, 6) is 0. The molecule has 0 aromatic carbocycles. The molecule has 0 aromatic rings. The predicted octanol–water partition coefficient (Wildman–Crippen LogP) is 2.42. The Morgan fingerprint density at radius 3 is 0.875 bits per heavy atom. The van der Waals surface area contributed by atoms with E-state index in [0.29, 0.717) is 24.2 Å². The number of hydrogen-bond donors (Lipinski definition) is 0. The van der Waals surface area contributed by atoms with Gasteiger partial charge in [-0.25, -0.2) is 4.94 Å². The van der Waals surface area contributed by atoms with Crippen molar-refractivity contribution in [3.63, 3.8) is 0 Å². The number of rotatable bonds is 6. The monoisotopic (exact) mass is 224 g/mol. The van der Waals surface area contributed by atoms with Gasteiger partial charge < -0.3 is 0 Å². The maximum absolute atomic E-state index is 5.96. The van der Waals surface area contributed by atoms with Gasteiger partial charge >= 0.3 is 18.9 Å². The van der Waals surface area contributed by atoms with E-state index in [1.807, 2.05) is 10.1 Å². The molecule has 0 saturated carbocycles. The van der Waals surface area contributed by atoms with Crippen LogP contribution in [0.5, 0.6) is 0 Å². The molecule has 0 aromatic heterocycles. The van der Waals surface area contributed by atoms with Crippen LogP contribution < -0.4 is 0 Å². The molecule has 0 radical (unpaired) electrons. The number of hydrogen-bond acceptors (Lipinski definition) is 3. The second kappa shape index (κ2) is 8.55. The fourth-order valence-electron chi connectivity index (χ4n) is 1.68. The van der Waals surface area contributed by atoms with Crippen LogP contribution in [0.2, 0.25) is 0 Å². The first-order valence-electron chi connectivity index (χ1n) is 6.02. The normalized spacial score (nSPS) is 12.4. The van der Waals surface area contributed by atoms with Crippen molar-refractivity contribution in [1.82, 2.24) is 10.1 Å². The molecule has 0 aliphatic carbocycles. The molecule has 0 saturated heterocycles. The summed E-state index contributed by atoms with van der Waals surface area (Å²) in [7, 11) is 0. The van der Waals surface area contributed by atoms with Gasteiger partial charge in [-0.05, 0) is 55.4 Å². The summed E-state index contributed by atoms with van der Waals surface area (Å²) in [6, 6.07) is 1.57. The van der Waals surface area contributed by atoms with Crippen LogP contribution in [0.15, 0.2) is 0 Å². The van der Waals surface area contributed by atoms with Crippen molar-refractivity contribution in [1.29, 1.82) is 0 Å². The Labute approximate surface area is 114 Å². The summed E-state index contributed by atoms with van der Waals surface area (Å²) in [5, 5.41) is 4.08. The molecule has 0 unspecified atom stereocenters. The number of nitrogens with zero attached hydrogens (tertiary/aromatic N) is 2. The third kappa shape index (κ3) is 6.27. The zero-order chi connectivity index (χ0) is 12.2. The first-order valence-corrected chi connectivity index (χ1v) is 6.02. The average molecular weight is 224 g/mol. The fraction of sp³-hybridized carbons (Fsp3) is 1.00. The summed E-state index contributed by atoms with van der Waals surface area (Å²) in [6.07, 6.45) is 0. The summed E-state index contributed by atoms with van der Waals surface area (Å²) < 4.78 is 0. The predicted molar refractivity (Wildman–Crippen MR) is 72.5 cm³/mol. The van der Waals surface area contributed by atoms with Crippen LogP contribution in [-0.4, -0.2) is 53.2 Å². The van der Waals surface area contributed by atoms with E-state index in [1.54, 1.807) is 0 Å². The topological polar surface area (TPSA) is 15.7 Å². The second-order valence-corrected chi connectivity index (χ2v) is 5.18. The van der Waals surface area contributed by atoms with Crippen LogP contribution >= 0.6 is 0 Å². The Kier molecular flexibility index (Phi) is 10.1. The van der Waals surface area contributed by atoms with Crippen LogP contribution in [0.1, 0.15) is 55.4 Å². The molecule has 0 rings (SSSR count). The maximum atomic E-state index is 5.96. The SMILES string of the molecule is CC(C)N(ON(C(C)C)C(C)C)C(C)C.[LiH]. The van der Waals surface area contributed by atoms with Gasteiger partial charge in [-0.1, -0.05) is 0 Å². The van der Waals surface area contributed by atoms with Crippen LogP contribution in [-0.2, 0) is 4.94 Å². The molecule has 3 nitrogen and oxygen atoms in total. The van der Waals surface area contributed by atoms with Gasteiger partial charge in [0.2, 0.25) is 0 Å².